The van der Waals surface area contributed by atoms with Gasteiger partial charge < -0.3 is 16.9 Å². The average Bonchev–Trinajstić information content (AvgIpc) is 1.36. The van der Waals surface area contributed by atoms with E-state index in [0.717, 1.165) is 0 Å². The molecule has 0 fully saturated rings. The highest BCUT2D eigenvalue weighted by molar-refractivity contribution is 6.29. The molecule has 0 saturated carbocycles. The molecule has 0 radical (unpaired) electrons. The topological polar surface area (TPSA) is 101 Å². The Kier molecular flexibility index (Phi) is 5.42. The largest absolute Gasteiger partial charge is 0.412 e. The van der Waals surface area contributed by atoms with Crippen LogP contribution in [0.2, 0.25) is 0 Å². The maximum atomic E-state index is 9.66. The smallest absolute Gasteiger partial charge is 0.249 e. The van der Waals surface area contributed by atoms with Crippen molar-refractivity contribution in [2.45, 2.75) is 5.50 Å². The molecular formula is C2H7ClN2O2. The summed E-state index contributed by atoms with van der Waals surface area (Å²) in [6, 6.07) is 0. The minimum Gasteiger partial charge on any atom is -0.412 e. The lowest BCUT2D eigenvalue weighted by atomic mass is 10.6. The van der Waals surface area contributed by atoms with Gasteiger partial charge in [-0.3, -0.25) is 4.79 Å². The second-order valence-electron chi connectivity index (χ2n) is 0.804. The van der Waals surface area contributed by atoms with Crippen LogP contribution in [-0.2, 0) is 4.79 Å². The predicted molar refractivity (Wildman–Crippen MR) is 26.6 cm³/mol. The quantitative estimate of drug-likeness (QED) is 0.319. The van der Waals surface area contributed by atoms with Gasteiger partial charge in [0.25, 0.3) is 0 Å². The Balaban J connectivity index is 0. The predicted octanol–water partition coefficient (Wildman–Crippen LogP) is -1.83. The van der Waals surface area contributed by atoms with Crippen molar-refractivity contribution in [3.8, 4) is 0 Å². The maximum Gasteiger partial charge on any atom is 0.249 e. The highest BCUT2D eigenvalue weighted by atomic mass is 35.5. The summed E-state index contributed by atoms with van der Waals surface area (Å²) in [4.78, 5) is 9.66. The van der Waals surface area contributed by atoms with Gasteiger partial charge in [-0.05, 0) is 0 Å². The van der Waals surface area contributed by atoms with Crippen molar-refractivity contribution in [1.82, 2.24) is 0 Å². The minimum atomic E-state index is -1.04. The normalized spacial score (nSPS) is 11.7. The lowest BCUT2D eigenvalue weighted by Gasteiger charge is -1.89. The van der Waals surface area contributed by atoms with E-state index in [1.165, 1.54) is 0 Å². The molecule has 4 nitrogen and oxygen atoms in total. The Labute approximate surface area is 45.7 Å². The number of rotatable bonds is 1. The summed E-state index contributed by atoms with van der Waals surface area (Å²) in [7, 11) is 0. The molecule has 0 heterocycles. The molecule has 1 amide bonds. The molecule has 0 aliphatic heterocycles. The van der Waals surface area contributed by atoms with Crippen LogP contribution in [0.1, 0.15) is 0 Å². The Hall–Kier alpha value is -0.320. The van der Waals surface area contributed by atoms with E-state index in [9.17, 15) is 4.79 Å². The van der Waals surface area contributed by atoms with E-state index in [1.807, 2.05) is 0 Å². The molecule has 0 aromatic heterocycles. The Bertz CT molecular complexity index is 64.7. The van der Waals surface area contributed by atoms with Crippen LogP contribution in [-0.4, -0.2) is 16.9 Å². The molecule has 6 N–H and O–H groups in total. The van der Waals surface area contributed by atoms with E-state index in [-0.39, 0.29) is 5.48 Å². The standard InChI is InChI=1S/C2H5ClN2O.H2O/c3-1(4)2(5)6;/h1H,4H2,(H2,5,6);1H2. The second kappa shape index (κ2) is 3.86. The Morgan fingerprint density at radius 3 is 1.86 bits per heavy atom. The number of amides is 1. The van der Waals surface area contributed by atoms with Gasteiger partial charge in [0, 0.05) is 0 Å². The molecule has 1 atom stereocenters. The SMILES string of the molecule is NC(=O)C(N)Cl.O. The van der Waals surface area contributed by atoms with E-state index in [0.29, 0.717) is 0 Å². The summed E-state index contributed by atoms with van der Waals surface area (Å²) >= 11 is 4.92. The maximum absolute atomic E-state index is 9.66. The number of nitrogens with two attached hydrogens (primary N) is 2. The first-order chi connectivity index (χ1) is 2.64. The number of alkyl halides is 1. The van der Waals surface area contributed by atoms with Gasteiger partial charge >= 0.3 is 0 Å². The molecule has 1 unspecified atom stereocenters. The molecule has 0 rings (SSSR count). The van der Waals surface area contributed by atoms with Crippen molar-refractivity contribution in [2.75, 3.05) is 0 Å². The third kappa shape index (κ3) is 5.68. The van der Waals surface area contributed by atoms with Crippen molar-refractivity contribution < 1.29 is 10.3 Å². The lowest BCUT2D eigenvalue weighted by Crippen LogP contribution is -2.30. The number of hydrogen-bond acceptors (Lipinski definition) is 2. The van der Waals surface area contributed by atoms with Crippen molar-refractivity contribution >= 4 is 17.5 Å². The lowest BCUT2D eigenvalue weighted by molar-refractivity contribution is -0.117. The fraction of sp³-hybridized carbons (Fsp3) is 0.500. The molecule has 44 valence electrons. The third-order valence-electron chi connectivity index (χ3n) is 0.272. The number of primary amides is 1. The highest BCUT2D eigenvalue weighted by Crippen LogP contribution is 1.78. The van der Waals surface area contributed by atoms with Crippen LogP contribution in [0.25, 0.3) is 0 Å². The molecule has 0 saturated heterocycles. The van der Waals surface area contributed by atoms with E-state index in [4.69, 9.17) is 17.3 Å². The summed E-state index contributed by atoms with van der Waals surface area (Å²) in [5.74, 6) is -0.698. The van der Waals surface area contributed by atoms with Gasteiger partial charge in [0.05, 0.1) is 0 Å². The van der Waals surface area contributed by atoms with Gasteiger partial charge in [0.15, 0.2) is 5.50 Å². The van der Waals surface area contributed by atoms with Crippen molar-refractivity contribution in [1.29, 1.82) is 0 Å². The Morgan fingerprint density at radius 1 is 1.71 bits per heavy atom. The van der Waals surface area contributed by atoms with Crippen molar-refractivity contribution in [2.24, 2.45) is 11.5 Å². The Morgan fingerprint density at radius 2 is 1.86 bits per heavy atom. The number of carbonyl (C=O) groups excluding carboxylic acids is 1. The van der Waals surface area contributed by atoms with Crippen molar-refractivity contribution in [3.05, 3.63) is 0 Å². The summed E-state index contributed by atoms with van der Waals surface area (Å²) in [6.45, 7) is 0. The fourth-order valence-corrected chi connectivity index (χ4v) is 0. The van der Waals surface area contributed by atoms with Crippen LogP contribution in [0.15, 0.2) is 0 Å². The molecular weight excluding hydrogens is 119 g/mol. The molecule has 0 aliphatic rings. The molecule has 0 aliphatic carbocycles. The van der Waals surface area contributed by atoms with Crippen LogP contribution < -0.4 is 11.5 Å². The molecule has 0 bridgehead atoms. The summed E-state index contributed by atoms with van der Waals surface area (Å²) < 4.78 is 0. The van der Waals surface area contributed by atoms with Gasteiger partial charge in [-0.15, -0.1) is 0 Å². The van der Waals surface area contributed by atoms with Crippen LogP contribution in [0, 0.1) is 0 Å². The first kappa shape index (κ1) is 9.84. The zero-order chi connectivity index (χ0) is 5.15. The van der Waals surface area contributed by atoms with Crippen LogP contribution in [0.4, 0.5) is 0 Å². The number of carbonyl (C=O) groups is 1. The first-order valence-corrected chi connectivity index (χ1v) is 1.77. The number of halogens is 1. The van der Waals surface area contributed by atoms with Crippen LogP contribution in [0.3, 0.4) is 0 Å². The van der Waals surface area contributed by atoms with Crippen molar-refractivity contribution in [3.63, 3.8) is 0 Å². The zero-order valence-corrected chi connectivity index (χ0v) is 4.27. The molecule has 0 aromatic rings. The fourth-order valence-electron chi connectivity index (χ4n) is 0. The second-order valence-corrected chi connectivity index (χ2v) is 1.27. The van der Waals surface area contributed by atoms with Gasteiger partial charge in [-0.25, -0.2) is 0 Å². The molecule has 0 spiro atoms. The summed E-state index contributed by atoms with van der Waals surface area (Å²) in [5.41, 5.74) is 8.23. The van der Waals surface area contributed by atoms with Gasteiger partial charge in [-0.1, -0.05) is 11.6 Å². The van der Waals surface area contributed by atoms with E-state index in [1.54, 1.807) is 0 Å². The number of hydrogen-bond donors (Lipinski definition) is 2. The first-order valence-electron chi connectivity index (χ1n) is 1.33. The van der Waals surface area contributed by atoms with E-state index >= 15 is 0 Å². The monoisotopic (exact) mass is 126 g/mol. The van der Waals surface area contributed by atoms with Crippen LogP contribution in [0.5, 0.6) is 0 Å². The minimum absolute atomic E-state index is 0. The molecule has 0 aromatic carbocycles. The van der Waals surface area contributed by atoms with Gasteiger partial charge in [0.2, 0.25) is 5.91 Å². The average molecular weight is 127 g/mol. The highest BCUT2D eigenvalue weighted by Gasteiger charge is 1.99. The van der Waals surface area contributed by atoms with Crippen LogP contribution >= 0.6 is 11.6 Å². The van der Waals surface area contributed by atoms with E-state index in [2.05, 4.69) is 5.73 Å². The molecule has 5 heteroatoms. The van der Waals surface area contributed by atoms with Gasteiger partial charge in [0.1, 0.15) is 0 Å². The summed E-state index contributed by atoms with van der Waals surface area (Å²) in [6.07, 6.45) is 0. The van der Waals surface area contributed by atoms with Gasteiger partial charge in [-0.2, -0.15) is 0 Å². The summed E-state index contributed by atoms with van der Waals surface area (Å²) in [5, 5.41) is 0. The zero-order valence-electron chi connectivity index (χ0n) is 3.52. The molecule has 7 heavy (non-hydrogen) atoms. The third-order valence-corrected chi connectivity index (χ3v) is 0.487. The van der Waals surface area contributed by atoms with E-state index < -0.39 is 11.4 Å².